The SMILES string of the molecule is [2H]C(O)CC[C@H](O)[C@H](O)CO. The summed E-state index contributed by atoms with van der Waals surface area (Å²) in [6.07, 6.45) is -2.02. The summed E-state index contributed by atoms with van der Waals surface area (Å²) in [5.74, 6) is 0. The van der Waals surface area contributed by atoms with Crippen molar-refractivity contribution in [3.63, 3.8) is 0 Å². The van der Waals surface area contributed by atoms with Gasteiger partial charge >= 0.3 is 0 Å². The molecule has 0 aliphatic carbocycles. The van der Waals surface area contributed by atoms with Gasteiger partial charge in [-0.3, -0.25) is 0 Å². The minimum Gasteiger partial charge on any atom is -0.396 e. The van der Waals surface area contributed by atoms with Crippen molar-refractivity contribution in [1.82, 2.24) is 0 Å². The molecule has 0 saturated carbocycles. The summed E-state index contributed by atoms with van der Waals surface area (Å²) < 4.78 is 6.67. The lowest BCUT2D eigenvalue weighted by molar-refractivity contribution is -0.0199. The molecule has 0 amide bonds. The fourth-order valence-corrected chi connectivity index (χ4v) is 0.559. The quantitative estimate of drug-likeness (QED) is 0.384. The van der Waals surface area contributed by atoms with Crippen molar-refractivity contribution in [2.24, 2.45) is 0 Å². The molecule has 0 aromatic rings. The highest BCUT2D eigenvalue weighted by molar-refractivity contribution is 4.64. The molecule has 4 N–H and O–H groups in total. The van der Waals surface area contributed by atoms with E-state index in [4.69, 9.17) is 21.8 Å². The molecule has 1 unspecified atom stereocenters. The van der Waals surface area contributed by atoms with Crippen molar-refractivity contribution in [3.8, 4) is 0 Å². The van der Waals surface area contributed by atoms with E-state index in [-0.39, 0.29) is 12.8 Å². The molecule has 0 fully saturated rings. The second-order valence-corrected chi connectivity index (χ2v) is 2.08. The molecule has 0 spiro atoms. The molecule has 0 aromatic heterocycles. The summed E-state index contributed by atoms with van der Waals surface area (Å²) in [4.78, 5) is 0. The molecule has 0 heterocycles. The van der Waals surface area contributed by atoms with Crippen molar-refractivity contribution in [2.75, 3.05) is 13.2 Å². The van der Waals surface area contributed by atoms with Crippen LogP contribution in [0.3, 0.4) is 0 Å². The Labute approximate surface area is 61.1 Å². The van der Waals surface area contributed by atoms with Gasteiger partial charge in [0.2, 0.25) is 0 Å². The summed E-state index contributed by atoms with van der Waals surface area (Å²) in [5.41, 5.74) is 0. The minimum atomic E-state index is -1.23. The van der Waals surface area contributed by atoms with Crippen LogP contribution < -0.4 is 0 Å². The molecule has 62 valence electrons. The standard InChI is InChI=1S/C6H14O4/c7-3-1-2-5(9)6(10)4-8/h5-10H,1-4H2/t5-,6+/m0/s1/i3D/t3?,5-,6+. The third-order valence-corrected chi connectivity index (χ3v) is 1.22. The van der Waals surface area contributed by atoms with Crippen LogP contribution in [0.25, 0.3) is 0 Å². The predicted octanol–water partition coefficient (Wildman–Crippen LogP) is -1.53. The van der Waals surface area contributed by atoms with Gasteiger partial charge in [0.1, 0.15) is 6.10 Å². The van der Waals surface area contributed by atoms with E-state index in [2.05, 4.69) is 0 Å². The van der Waals surface area contributed by atoms with E-state index < -0.39 is 25.4 Å². The predicted molar refractivity (Wildman–Crippen MR) is 35.4 cm³/mol. The second-order valence-electron chi connectivity index (χ2n) is 2.08. The Hall–Kier alpha value is -0.160. The third-order valence-electron chi connectivity index (χ3n) is 1.22. The molecule has 0 radical (unpaired) electrons. The summed E-state index contributed by atoms with van der Waals surface area (Å²) in [6, 6.07) is 0. The zero-order valence-corrected chi connectivity index (χ0v) is 5.64. The van der Waals surface area contributed by atoms with Crippen LogP contribution in [0.4, 0.5) is 0 Å². The van der Waals surface area contributed by atoms with Gasteiger partial charge in [-0.05, 0) is 12.8 Å². The zero-order valence-electron chi connectivity index (χ0n) is 6.64. The van der Waals surface area contributed by atoms with Gasteiger partial charge in [0.15, 0.2) is 0 Å². The average Bonchev–Trinajstić information content (AvgIpc) is 1.98. The van der Waals surface area contributed by atoms with Gasteiger partial charge in [-0.2, -0.15) is 0 Å². The lowest BCUT2D eigenvalue weighted by Gasteiger charge is -2.13. The molecule has 0 aliphatic heterocycles. The molecule has 3 atom stereocenters. The first-order valence-corrected chi connectivity index (χ1v) is 3.15. The van der Waals surface area contributed by atoms with E-state index in [9.17, 15) is 0 Å². The number of aliphatic hydroxyl groups is 4. The van der Waals surface area contributed by atoms with E-state index in [0.29, 0.717) is 0 Å². The molecular formula is C6H14O4. The van der Waals surface area contributed by atoms with Crippen LogP contribution in [0, 0.1) is 0 Å². The Morgan fingerprint density at radius 2 is 1.80 bits per heavy atom. The molecule has 10 heavy (non-hydrogen) atoms. The number of rotatable bonds is 5. The molecular weight excluding hydrogens is 136 g/mol. The van der Waals surface area contributed by atoms with Gasteiger partial charge in [-0.25, -0.2) is 0 Å². The molecule has 0 bridgehead atoms. The normalized spacial score (nSPS) is 21.4. The maximum atomic E-state index is 8.96. The third kappa shape index (κ3) is 3.79. The van der Waals surface area contributed by atoms with Crippen LogP contribution in [0.1, 0.15) is 14.2 Å². The Kier molecular flexibility index (Phi) is 4.46. The lowest BCUT2D eigenvalue weighted by Crippen LogP contribution is -2.29. The Bertz CT molecular complexity index is 98.6. The summed E-state index contributed by atoms with van der Waals surface area (Å²) in [6.45, 7) is -1.73. The Morgan fingerprint density at radius 3 is 2.20 bits per heavy atom. The van der Waals surface area contributed by atoms with Gasteiger partial charge in [-0.1, -0.05) is 0 Å². The lowest BCUT2D eigenvalue weighted by atomic mass is 10.1. The summed E-state index contributed by atoms with van der Waals surface area (Å²) >= 11 is 0. The Morgan fingerprint density at radius 1 is 1.20 bits per heavy atom. The highest BCUT2D eigenvalue weighted by atomic mass is 16.4. The van der Waals surface area contributed by atoms with Crippen LogP contribution in [0.15, 0.2) is 0 Å². The van der Waals surface area contributed by atoms with Gasteiger partial charge in [-0.15, -0.1) is 0 Å². The van der Waals surface area contributed by atoms with Crippen LogP contribution in [0.5, 0.6) is 0 Å². The summed E-state index contributed by atoms with van der Waals surface area (Å²) in [7, 11) is 0. The first-order valence-electron chi connectivity index (χ1n) is 3.73. The summed E-state index contributed by atoms with van der Waals surface area (Å²) in [5, 5.41) is 34.6. The van der Waals surface area contributed by atoms with Crippen molar-refractivity contribution in [1.29, 1.82) is 0 Å². The second kappa shape index (κ2) is 5.61. The van der Waals surface area contributed by atoms with Gasteiger partial charge in [0.25, 0.3) is 0 Å². The first-order chi connectivity index (χ1) is 5.07. The zero-order chi connectivity index (χ0) is 8.85. The monoisotopic (exact) mass is 151 g/mol. The minimum absolute atomic E-state index is 0.0955. The highest BCUT2D eigenvalue weighted by Crippen LogP contribution is 2.00. The van der Waals surface area contributed by atoms with Gasteiger partial charge in [0.05, 0.1) is 14.1 Å². The highest BCUT2D eigenvalue weighted by Gasteiger charge is 2.13. The molecule has 0 saturated heterocycles. The van der Waals surface area contributed by atoms with Crippen molar-refractivity contribution in [3.05, 3.63) is 0 Å². The smallest absolute Gasteiger partial charge is 0.103 e. The maximum absolute atomic E-state index is 8.96. The number of aliphatic hydroxyl groups excluding tert-OH is 4. The van der Waals surface area contributed by atoms with Crippen LogP contribution in [-0.4, -0.2) is 45.8 Å². The van der Waals surface area contributed by atoms with Crippen molar-refractivity contribution < 1.29 is 21.8 Å². The van der Waals surface area contributed by atoms with E-state index in [1.807, 2.05) is 0 Å². The van der Waals surface area contributed by atoms with Gasteiger partial charge < -0.3 is 20.4 Å². The van der Waals surface area contributed by atoms with Crippen molar-refractivity contribution >= 4 is 0 Å². The number of hydrogen-bond acceptors (Lipinski definition) is 4. The van der Waals surface area contributed by atoms with E-state index in [1.165, 1.54) is 0 Å². The van der Waals surface area contributed by atoms with Crippen LogP contribution in [-0.2, 0) is 0 Å². The van der Waals surface area contributed by atoms with Crippen molar-refractivity contribution in [2.45, 2.75) is 25.0 Å². The largest absolute Gasteiger partial charge is 0.396 e. The fourth-order valence-electron chi connectivity index (χ4n) is 0.559. The maximum Gasteiger partial charge on any atom is 0.103 e. The molecule has 4 heteroatoms. The first kappa shape index (κ1) is 7.94. The molecule has 0 rings (SSSR count). The van der Waals surface area contributed by atoms with Gasteiger partial charge in [0, 0.05) is 6.58 Å². The Balaban J connectivity index is 3.43. The molecule has 0 aliphatic rings. The van der Waals surface area contributed by atoms with E-state index in [0.717, 1.165) is 0 Å². The molecule has 0 aromatic carbocycles. The molecule has 4 nitrogen and oxygen atoms in total. The number of hydrogen-bond donors (Lipinski definition) is 4. The topological polar surface area (TPSA) is 80.9 Å². The van der Waals surface area contributed by atoms with Crippen LogP contribution in [0.2, 0.25) is 0 Å². The fraction of sp³-hybridized carbons (Fsp3) is 1.00. The average molecular weight is 151 g/mol. The van der Waals surface area contributed by atoms with E-state index >= 15 is 0 Å². The van der Waals surface area contributed by atoms with Crippen LogP contribution >= 0.6 is 0 Å². The van der Waals surface area contributed by atoms with E-state index in [1.54, 1.807) is 0 Å².